The second-order valence-corrected chi connectivity index (χ2v) is 4.65. The third-order valence-corrected chi connectivity index (χ3v) is 3.16. The minimum absolute atomic E-state index is 0.808. The van der Waals surface area contributed by atoms with Gasteiger partial charge in [-0.1, -0.05) is 12.1 Å². The van der Waals surface area contributed by atoms with Gasteiger partial charge in [-0.15, -0.1) is 0 Å². The fraction of sp³-hybridized carbons (Fsp3) is 0.0833. The molecule has 0 fully saturated rings. The third kappa shape index (κ3) is 1.44. The molecule has 0 amide bonds. The summed E-state index contributed by atoms with van der Waals surface area (Å²) in [7, 11) is 2.00. The smallest absolute Gasteiger partial charge is 0.177 e. The molecule has 0 saturated heterocycles. The lowest BCUT2D eigenvalue weighted by molar-refractivity contribution is 0.546. The molecule has 0 bridgehead atoms. The predicted octanol–water partition coefficient (Wildman–Crippen LogP) is 3.44. The van der Waals surface area contributed by atoms with Crippen molar-refractivity contribution in [1.82, 2.24) is 9.55 Å². The lowest BCUT2D eigenvalue weighted by Gasteiger charge is -1.97. The van der Waals surface area contributed by atoms with Crippen molar-refractivity contribution in [2.45, 2.75) is 0 Å². The van der Waals surface area contributed by atoms with Crippen LogP contribution < -0.4 is 0 Å². The van der Waals surface area contributed by atoms with Crippen LogP contribution in [0.25, 0.3) is 22.6 Å². The number of halogens is 1. The SMILES string of the molecule is Cn1c(-c2ccc(I)o2)nc2ccccc21. The number of aromatic nitrogens is 2. The van der Waals surface area contributed by atoms with Gasteiger partial charge < -0.3 is 8.98 Å². The summed E-state index contributed by atoms with van der Waals surface area (Å²) in [6.45, 7) is 0. The van der Waals surface area contributed by atoms with E-state index < -0.39 is 0 Å². The normalized spacial score (nSPS) is 11.1. The second-order valence-electron chi connectivity index (χ2n) is 3.59. The number of hydrogen-bond acceptors (Lipinski definition) is 2. The van der Waals surface area contributed by atoms with Crippen LogP contribution in [0.3, 0.4) is 0 Å². The van der Waals surface area contributed by atoms with Gasteiger partial charge in [0.1, 0.15) is 0 Å². The first-order valence-electron chi connectivity index (χ1n) is 4.93. The van der Waals surface area contributed by atoms with Gasteiger partial charge in [0.2, 0.25) is 0 Å². The van der Waals surface area contributed by atoms with E-state index in [1.807, 2.05) is 41.9 Å². The van der Waals surface area contributed by atoms with Crippen molar-refractivity contribution in [1.29, 1.82) is 0 Å². The molecule has 0 saturated carbocycles. The molecular weight excluding hydrogens is 315 g/mol. The van der Waals surface area contributed by atoms with Crippen LogP contribution in [0.4, 0.5) is 0 Å². The summed E-state index contributed by atoms with van der Waals surface area (Å²) in [5.74, 6) is 1.67. The Labute approximate surface area is 106 Å². The summed E-state index contributed by atoms with van der Waals surface area (Å²) in [6.07, 6.45) is 0. The van der Waals surface area contributed by atoms with Gasteiger partial charge in [0, 0.05) is 7.05 Å². The summed E-state index contributed by atoms with van der Waals surface area (Å²) in [5, 5.41) is 0. The monoisotopic (exact) mass is 324 g/mol. The molecule has 0 unspecified atom stereocenters. The molecule has 0 N–H and O–H groups in total. The average molecular weight is 324 g/mol. The summed E-state index contributed by atoms with van der Waals surface area (Å²) in [5.41, 5.74) is 2.11. The Kier molecular flexibility index (Phi) is 2.24. The molecule has 0 spiro atoms. The van der Waals surface area contributed by atoms with Crippen LogP contribution in [0.2, 0.25) is 0 Å². The number of aryl methyl sites for hydroxylation is 1. The Morgan fingerprint density at radius 3 is 2.69 bits per heavy atom. The number of para-hydroxylation sites is 2. The first-order valence-corrected chi connectivity index (χ1v) is 6.01. The Hall–Kier alpha value is -1.30. The zero-order valence-corrected chi connectivity index (χ0v) is 10.8. The first kappa shape index (κ1) is 9.89. The molecule has 3 nitrogen and oxygen atoms in total. The number of hydrogen-bond donors (Lipinski definition) is 0. The molecule has 2 aromatic heterocycles. The zero-order valence-electron chi connectivity index (χ0n) is 8.64. The van der Waals surface area contributed by atoms with Crippen molar-refractivity contribution < 1.29 is 4.42 Å². The number of benzene rings is 1. The van der Waals surface area contributed by atoms with Crippen molar-refractivity contribution in [2.24, 2.45) is 7.05 Å². The molecule has 0 aliphatic rings. The van der Waals surface area contributed by atoms with Gasteiger partial charge in [0.25, 0.3) is 0 Å². The second kappa shape index (κ2) is 3.62. The van der Waals surface area contributed by atoms with Gasteiger partial charge in [-0.25, -0.2) is 4.98 Å². The summed E-state index contributed by atoms with van der Waals surface area (Å²) >= 11 is 2.15. The molecular formula is C12H9IN2O. The van der Waals surface area contributed by atoms with E-state index in [0.29, 0.717) is 0 Å². The van der Waals surface area contributed by atoms with Crippen LogP contribution in [-0.4, -0.2) is 9.55 Å². The topological polar surface area (TPSA) is 31.0 Å². The van der Waals surface area contributed by atoms with Crippen LogP contribution in [0.5, 0.6) is 0 Å². The molecule has 4 heteroatoms. The molecule has 3 aromatic rings. The van der Waals surface area contributed by atoms with Crippen LogP contribution in [0.1, 0.15) is 0 Å². The first-order chi connectivity index (χ1) is 7.75. The molecule has 2 heterocycles. The molecule has 0 aliphatic heterocycles. The summed E-state index contributed by atoms with van der Waals surface area (Å²) in [4.78, 5) is 4.56. The van der Waals surface area contributed by atoms with Crippen LogP contribution in [-0.2, 0) is 7.05 Å². The maximum absolute atomic E-state index is 5.58. The molecule has 1 aromatic carbocycles. The van der Waals surface area contributed by atoms with Crippen molar-refractivity contribution in [3.63, 3.8) is 0 Å². The van der Waals surface area contributed by atoms with Crippen LogP contribution in [0, 0.1) is 3.77 Å². The summed E-state index contributed by atoms with van der Waals surface area (Å²) in [6, 6.07) is 12.0. The lowest BCUT2D eigenvalue weighted by Crippen LogP contribution is -1.90. The molecule has 0 atom stereocenters. The molecule has 0 aliphatic carbocycles. The maximum atomic E-state index is 5.58. The van der Waals surface area contributed by atoms with Crippen molar-refractivity contribution in [3.8, 4) is 11.6 Å². The van der Waals surface area contributed by atoms with E-state index in [9.17, 15) is 0 Å². The average Bonchev–Trinajstić information content (AvgIpc) is 2.84. The Morgan fingerprint density at radius 2 is 2.00 bits per heavy atom. The Balaban J connectivity index is 2.28. The van der Waals surface area contributed by atoms with Crippen molar-refractivity contribution in [3.05, 3.63) is 40.2 Å². The van der Waals surface area contributed by atoms with Gasteiger partial charge in [-0.2, -0.15) is 0 Å². The van der Waals surface area contributed by atoms with Crippen molar-refractivity contribution in [2.75, 3.05) is 0 Å². The molecule has 16 heavy (non-hydrogen) atoms. The standard InChI is InChI=1S/C12H9IN2O/c1-15-9-5-3-2-4-8(9)14-12(15)10-6-7-11(13)16-10/h2-7H,1H3. The van der Waals surface area contributed by atoms with Crippen LogP contribution in [0.15, 0.2) is 40.8 Å². The van der Waals surface area contributed by atoms with Gasteiger partial charge in [0.05, 0.1) is 11.0 Å². The highest BCUT2D eigenvalue weighted by molar-refractivity contribution is 14.1. The zero-order chi connectivity index (χ0) is 11.1. The highest BCUT2D eigenvalue weighted by atomic mass is 127. The van der Waals surface area contributed by atoms with E-state index in [2.05, 4.69) is 33.6 Å². The minimum atomic E-state index is 0.808. The van der Waals surface area contributed by atoms with Gasteiger partial charge >= 0.3 is 0 Å². The quantitative estimate of drug-likeness (QED) is 0.642. The lowest BCUT2D eigenvalue weighted by atomic mass is 10.3. The maximum Gasteiger partial charge on any atom is 0.177 e. The van der Waals surface area contributed by atoms with E-state index in [1.54, 1.807) is 0 Å². The molecule has 3 rings (SSSR count). The largest absolute Gasteiger partial charge is 0.447 e. The molecule has 0 radical (unpaired) electrons. The van der Waals surface area contributed by atoms with Gasteiger partial charge in [0.15, 0.2) is 15.4 Å². The Morgan fingerprint density at radius 1 is 1.19 bits per heavy atom. The van der Waals surface area contributed by atoms with E-state index in [0.717, 1.165) is 26.4 Å². The van der Waals surface area contributed by atoms with E-state index in [1.165, 1.54) is 0 Å². The fourth-order valence-corrected chi connectivity index (χ4v) is 2.22. The highest BCUT2D eigenvalue weighted by Gasteiger charge is 2.12. The van der Waals surface area contributed by atoms with Crippen molar-refractivity contribution >= 4 is 33.6 Å². The fourth-order valence-electron chi connectivity index (χ4n) is 1.80. The highest BCUT2D eigenvalue weighted by Crippen LogP contribution is 2.25. The van der Waals surface area contributed by atoms with Crippen LogP contribution >= 0.6 is 22.6 Å². The number of rotatable bonds is 1. The summed E-state index contributed by atoms with van der Waals surface area (Å²) < 4.78 is 8.50. The van der Waals surface area contributed by atoms with E-state index >= 15 is 0 Å². The number of nitrogens with zero attached hydrogens (tertiary/aromatic N) is 2. The van der Waals surface area contributed by atoms with Gasteiger partial charge in [-0.3, -0.25) is 0 Å². The number of furan rings is 1. The molecule has 80 valence electrons. The minimum Gasteiger partial charge on any atom is -0.447 e. The van der Waals surface area contributed by atoms with E-state index in [-0.39, 0.29) is 0 Å². The number of imidazole rings is 1. The number of fused-ring (bicyclic) bond motifs is 1. The Bertz CT molecular complexity index is 654. The predicted molar refractivity (Wildman–Crippen MR) is 71.1 cm³/mol. The van der Waals surface area contributed by atoms with Gasteiger partial charge in [-0.05, 0) is 46.9 Å². The van der Waals surface area contributed by atoms with E-state index in [4.69, 9.17) is 4.42 Å². The third-order valence-electron chi connectivity index (χ3n) is 2.58.